The number of halogens is 11. The molecular formula is C19H8ClF10MgN. The van der Waals surface area contributed by atoms with Crippen molar-refractivity contribution in [1.29, 1.82) is 0 Å². The fourth-order valence-electron chi connectivity index (χ4n) is 2.77. The summed E-state index contributed by atoms with van der Waals surface area (Å²) in [6, 6.07) is 4.40. The van der Waals surface area contributed by atoms with Crippen LogP contribution in [0, 0.1) is 58.2 Å². The Balaban J connectivity index is 0.00000363. The zero-order valence-electron chi connectivity index (χ0n) is 14.6. The quantitative estimate of drug-likeness (QED) is 0.132. The van der Waals surface area contributed by atoms with E-state index in [4.69, 9.17) is 11.6 Å². The number of nitrogens with zero attached hydrogens (tertiary/aromatic N) is 1. The Kier molecular flexibility index (Phi) is 7.95. The molecule has 0 heterocycles. The van der Waals surface area contributed by atoms with Gasteiger partial charge < -0.3 is 0 Å². The summed E-state index contributed by atoms with van der Waals surface area (Å²) in [6.45, 7) is 0. The van der Waals surface area contributed by atoms with Crippen molar-refractivity contribution in [2.45, 2.75) is 5.88 Å². The molecule has 1 nitrogen and oxygen atoms in total. The first kappa shape index (κ1) is 26.1. The Bertz CT molecular complexity index is 1080. The maximum atomic E-state index is 14.5. The number of anilines is 3. The molecule has 168 valence electrons. The van der Waals surface area contributed by atoms with Crippen molar-refractivity contribution in [3.63, 3.8) is 0 Å². The molecule has 32 heavy (non-hydrogen) atoms. The lowest BCUT2D eigenvalue weighted by Gasteiger charge is -2.29. The van der Waals surface area contributed by atoms with Gasteiger partial charge in [0.2, 0.25) is 11.6 Å². The number of rotatable bonds is 4. The summed E-state index contributed by atoms with van der Waals surface area (Å²) in [5, 5.41) is 0. The zero-order valence-corrected chi connectivity index (χ0v) is 15.4. The first-order chi connectivity index (χ1) is 14.5. The van der Waals surface area contributed by atoms with Crippen molar-refractivity contribution in [3.05, 3.63) is 88.0 Å². The topological polar surface area (TPSA) is 3.24 Å². The number of hydrogen-bond acceptors (Lipinski definition) is 1. The summed E-state index contributed by atoms with van der Waals surface area (Å²) in [5.41, 5.74) is -4.85. The summed E-state index contributed by atoms with van der Waals surface area (Å²) in [6.07, 6.45) is 0. The van der Waals surface area contributed by atoms with Crippen LogP contribution >= 0.6 is 11.6 Å². The van der Waals surface area contributed by atoms with E-state index in [1.165, 1.54) is 6.07 Å². The molecule has 0 amide bonds. The van der Waals surface area contributed by atoms with Crippen molar-refractivity contribution >= 4 is 51.7 Å². The lowest BCUT2D eigenvalue weighted by atomic mass is 10.1. The minimum Gasteiger partial charge on any atom is -0.299 e. The highest BCUT2D eigenvalue weighted by Gasteiger charge is 2.37. The predicted molar refractivity (Wildman–Crippen MR) is 98.8 cm³/mol. The molecule has 3 aromatic carbocycles. The minimum atomic E-state index is -2.60. The molecule has 0 aliphatic rings. The second kappa shape index (κ2) is 9.75. The van der Waals surface area contributed by atoms with Gasteiger partial charge in [0.15, 0.2) is 46.5 Å². The van der Waals surface area contributed by atoms with Gasteiger partial charge in [-0.05, 0) is 11.6 Å². The molecule has 0 saturated heterocycles. The average Bonchev–Trinajstić information content (AvgIpc) is 2.77. The third-order valence-corrected chi connectivity index (χ3v) is 4.48. The van der Waals surface area contributed by atoms with Gasteiger partial charge in [0.1, 0.15) is 11.4 Å². The van der Waals surface area contributed by atoms with Crippen LogP contribution in [0.5, 0.6) is 0 Å². The number of hydrogen-bond donors (Lipinski definition) is 0. The fourth-order valence-corrected chi connectivity index (χ4v) is 3.00. The van der Waals surface area contributed by atoms with Crippen LogP contribution in [0.4, 0.5) is 61.0 Å². The Morgan fingerprint density at radius 3 is 1.19 bits per heavy atom. The second-order valence-electron chi connectivity index (χ2n) is 5.93. The van der Waals surface area contributed by atoms with E-state index in [-0.39, 0.29) is 33.5 Å². The van der Waals surface area contributed by atoms with Gasteiger partial charge in [0, 0.05) is 5.88 Å². The number of alkyl halides is 1. The second-order valence-corrected chi connectivity index (χ2v) is 6.20. The van der Waals surface area contributed by atoms with Crippen LogP contribution in [-0.2, 0) is 5.88 Å². The molecule has 0 fully saturated rings. The van der Waals surface area contributed by atoms with E-state index in [2.05, 4.69) is 0 Å². The maximum absolute atomic E-state index is 14.5. The Morgan fingerprint density at radius 1 is 0.531 bits per heavy atom. The van der Waals surface area contributed by atoms with Gasteiger partial charge in [-0.2, -0.15) is 0 Å². The van der Waals surface area contributed by atoms with E-state index in [1.807, 2.05) is 0 Å². The molecule has 0 bridgehead atoms. The molecule has 0 atom stereocenters. The van der Waals surface area contributed by atoms with Crippen molar-refractivity contribution in [2.75, 3.05) is 4.90 Å². The monoisotopic (exact) mass is 499 g/mol. The average molecular weight is 500 g/mol. The van der Waals surface area contributed by atoms with E-state index in [9.17, 15) is 43.9 Å². The van der Waals surface area contributed by atoms with Gasteiger partial charge in [0.25, 0.3) is 0 Å². The van der Waals surface area contributed by atoms with E-state index in [1.54, 1.807) is 0 Å². The van der Waals surface area contributed by atoms with Gasteiger partial charge in [-0.1, -0.05) is 18.2 Å². The molecule has 0 aliphatic carbocycles. The van der Waals surface area contributed by atoms with E-state index in [0.717, 1.165) is 18.2 Å². The van der Waals surface area contributed by atoms with Crippen LogP contribution in [0.3, 0.4) is 0 Å². The summed E-state index contributed by atoms with van der Waals surface area (Å²) >= 11 is 5.67. The molecule has 0 unspecified atom stereocenters. The van der Waals surface area contributed by atoms with Gasteiger partial charge >= 0.3 is 23.1 Å². The summed E-state index contributed by atoms with van der Waals surface area (Å²) in [4.78, 5) is -0.301. The van der Waals surface area contributed by atoms with Crippen LogP contribution in [-0.4, -0.2) is 23.1 Å². The van der Waals surface area contributed by atoms with Crippen LogP contribution < -0.4 is 4.90 Å². The van der Waals surface area contributed by atoms with Crippen molar-refractivity contribution in [3.8, 4) is 0 Å². The third-order valence-electron chi connectivity index (χ3n) is 4.20. The molecule has 0 radical (unpaired) electrons. The molecule has 3 aromatic rings. The lowest BCUT2D eigenvalue weighted by molar-refractivity contribution is 0.375. The smallest absolute Gasteiger partial charge is 0.299 e. The largest absolute Gasteiger partial charge is 0.316 e. The van der Waals surface area contributed by atoms with Gasteiger partial charge in [0.05, 0.1) is 5.69 Å². The molecule has 0 spiro atoms. The Labute approximate surface area is 194 Å². The Hall–Kier alpha value is -2.18. The van der Waals surface area contributed by atoms with Crippen LogP contribution in [0.25, 0.3) is 0 Å². The van der Waals surface area contributed by atoms with Gasteiger partial charge in [-0.25, -0.2) is 43.9 Å². The Morgan fingerprint density at radius 2 is 0.844 bits per heavy atom. The summed E-state index contributed by atoms with van der Waals surface area (Å²) in [7, 11) is 0. The molecule has 0 N–H and O–H groups in total. The van der Waals surface area contributed by atoms with Gasteiger partial charge in [-0.3, -0.25) is 4.90 Å². The minimum absolute atomic E-state index is 0. The first-order valence-electron chi connectivity index (χ1n) is 8.01. The zero-order chi connectivity index (χ0) is 23.2. The standard InChI is InChI=1S/C19H6ClF10N.Mg.2H/c20-5-6-3-1-2-4-7(6)31(18-14(27)10(23)8(21)11(24)15(18)28)19-16(29)12(25)9(22)13(26)17(19)30;;;/h1-4H,5H2;;;. The molecular weight excluding hydrogens is 492 g/mol. The summed E-state index contributed by atoms with van der Waals surface area (Å²) in [5.74, 6) is -26.1. The van der Waals surface area contributed by atoms with E-state index in [0.29, 0.717) is 0 Å². The highest BCUT2D eigenvalue weighted by Crippen LogP contribution is 2.45. The van der Waals surface area contributed by atoms with E-state index >= 15 is 0 Å². The highest BCUT2D eigenvalue weighted by atomic mass is 35.5. The fraction of sp³-hybridized carbons (Fsp3) is 0.0526. The predicted octanol–water partition coefficient (Wildman–Crippen LogP) is 6.37. The van der Waals surface area contributed by atoms with Crippen LogP contribution in [0.1, 0.15) is 5.56 Å². The number of para-hydroxylation sites is 1. The molecule has 3 rings (SSSR count). The molecule has 0 aromatic heterocycles. The van der Waals surface area contributed by atoms with Crippen molar-refractivity contribution < 1.29 is 43.9 Å². The first-order valence-corrected chi connectivity index (χ1v) is 8.54. The normalized spacial score (nSPS) is 10.8. The lowest BCUT2D eigenvalue weighted by Crippen LogP contribution is -2.22. The van der Waals surface area contributed by atoms with Crippen LogP contribution in [0.2, 0.25) is 0 Å². The van der Waals surface area contributed by atoms with Gasteiger partial charge in [-0.15, -0.1) is 11.6 Å². The maximum Gasteiger partial charge on any atom is 0.316 e. The van der Waals surface area contributed by atoms with Crippen LogP contribution in [0.15, 0.2) is 24.3 Å². The van der Waals surface area contributed by atoms with E-state index < -0.39 is 81.1 Å². The number of benzene rings is 3. The molecule has 13 heteroatoms. The molecule has 0 aliphatic heterocycles. The SMILES string of the molecule is Fc1c(F)c(F)c(N(c2ccccc2CCl)c2c(F)c(F)c(F)c(F)c2F)c(F)c1F.[MgH2]. The van der Waals surface area contributed by atoms with Crippen molar-refractivity contribution in [1.82, 2.24) is 0 Å². The van der Waals surface area contributed by atoms with Crippen molar-refractivity contribution in [2.24, 2.45) is 0 Å². The highest BCUT2D eigenvalue weighted by molar-refractivity contribution is 6.17. The molecule has 0 saturated carbocycles. The third kappa shape index (κ3) is 3.99. The summed E-state index contributed by atoms with van der Waals surface area (Å²) < 4.78 is 140.